The molecule has 1 aromatic heterocycles. The minimum absolute atomic E-state index is 0.0315. The minimum atomic E-state index is -0.0315. The van der Waals surface area contributed by atoms with Crippen LogP contribution in [0.3, 0.4) is 0 Å². The van der Waals surface area contributed by atoms with Gasteiger partial charge in [-0.25, -0.2) is 0 Å². The Hall–Kier alpha value is -2.17. The SMILES string of the molecule is CN(CCc1noc(C2CC2)n1)C(=O)C(c1ccccc1)C1CCCC1. The third kappa shape index (κ3) is 3.81. The molecule has 0 aliphatic heterocycles. The van der Waals surface area contributed by atoms with Crippen LogP contribution in [0, 0.1) is 5.92 Å². The maximum atomic E-state index is 13.2. The van der Waals surface area contributed by atoms with Crippen molar-refractivity contribution in [2.24, 2.45) is 5.92 Å². The Bertz CT molecular complexity index is 733. The van der Waals surface area contributed by atoms with Crippen LogP contribution in [0.1, 0.15) is 67.6 Å². The zero-order valence-corrected chi connectivity index (χ0v) is 15.4. The number of carbonyl (C=O) groups excluding carboxylic acids is 1. The van der Waals surface area contributed by atoms with Crippen molar-refractivity contribution >= 4 is 5.91 Å². The number of likely N-dealkylation sites (N-methyl/N-ethyl adjacent to an activating group) is 1. The van der Waals surface area contributed by atoms with E-state index in [1.165, 1.54) is 12.8 Å². The molecule has 2 aliphatic carbocycles. The summed E-state index contributed by atoms with van der Waals surface area (Å²) in [5.41, 5.74) is 1.15. The van der Waals surface area contributed by atoms with Crippen molar-refractivity contribution in [3.05, 3.63) is 47.6 Å². The molecule has 2 fully saturated rings. The summed E-state index contributed by atoms with van der Waals surface area (Å²) in [5, 5.41) is 4.07. The van der Waals surface area contributed by atoms with E-state index in [0.717, 1.165) is 37.1 Å². The highest BCUT2D eigenvalue weighted by Gasteiger charge is 2.34. The van der Waals surface area contributed by atoms with Crippen LogP contribution >= 0.6 is 0 Å². The summed E-state index contributed by atoms with van der Waals surface area (Å²) in [4.78, 5) is 19.6. The topological polar surface area (TPSA) is 59.2 Å². The molecule has 5 heteroatoms. The molecule has 5 nitrogen and oxygen atoms in total. The van der Waals surface area contributed by atoms with Crippen molar-refractivity contribution in [2.45, 2.75) is 56.8 Å². The zero-order valence-electron chi connectivity index (χ0n) is 15.4. The van der Waals surface area contributed by atoms with Crippen molar-refractivity contribution in [1.82, 2.24) is 15.0 Å². The molecule has 138 valence electrons. The first-order chi connectivity index (χ1) is 12.7. The highest BCUT2D eigenvalue weighted by atomic mass is 16.5. The van der Waals surface area contributed by atoms with Crippen LogP contribution in [0.5, 0.6) is 0 Å². The average Bonchev–Trinajstić information content (AvgIpc) is 3.18. The fourth-order valence-electron chi connectivity index (χ4n) is 4.05. The molecule has 2 saturated carbocycles. The average molecular weight is 353 g/mol. The zero-order chi connectivity index (χ0) is 17.9. The summed E-state index contributed by atoms with van der Waals surface area (Å²) in [6.45, 7) is 0.624. The molecule has 2 aliphatic rings. The van der Waals surface area contributed by atoms with Gasteiger partial charge in [0.05, 0.1) is 5.92 Å². The van der Waals surface area contributed by atoms with Crippen molar-refractivity contribution in [1.29, 1.82) is 0 Å². The van der Waals surface area contributed by atoms with Gasteiger partial charge in [-0.15, -0.1) is 0 Å². The standard InChI is InChI=1S/C21H27N3O2/c1-24(14-13-18-22-20(26-23-18)17-11-12-17)21(25)19(16-9-5-6-10-16)15-7-3-2-4-8-15/h2-4,7-8,16-17,19H,5-6,9-14H2,1H3. The normalized spacial score (nSPS) is 18.8. The van der Waals surface area contributed by atoms with Gasteiger partial charge in [-0.1, -0.05) is 48.3 Å². The van der Waals surface area contributed by atoms with Gasteiger partial charge in [0.1, 0.15) is 0 Å². The van der Waals surface area contributed by atoms with Crippen molar-refractivity contribution < 1.29 is 9.32 Å². The van der Waals surface area contributed by atoms with E-state index in [9.17, 15) is 4.79 Å². The summed E-state index contributed by atoms with van der Waals surface area (Å²) in [5.74, 6) is 2.59. The number of carbonyl (C=O) groups is 1. The van der Waals surface area contributed by atoms with E-state index >= 15 is 0 Å². The fourth-order valence-corrected chi connectivity index (χ4v) is 4.05. The lowest BCUT2D eigenvalue weighted by Crippen LogP contribution is -2.36. The third-order valence-electron chi connectivity index (χ3n) is 5.75. The maximum absolute atomic E-state index is 13.2. The predicted molar refractivity (Wildman–Crippen MR) is 98.8 cm³/mol. The van der Waals surface area contributed by atoms with Gasteiger partial charge in [-0.2, -0.15) is 4.98 Å². The van der Waals surface area contributed by atoms with E-state index in [4.69, 9.17) is 4.52 Å². The van der Waals surface area contributed by atoms with E-state index in [1.807, 2.05) is 30.1 Å². The van der Waals surface area contributed by atoms with Gasteiger partial charge in [-0.3, -0.25) is 4.79 Å². The molecular formula is C21H27N3O2. The molecule has 1 atom stereocenters. The monoisotopic (exact) mass is 353 g/mol. The van der Waals surface area contributed by atoms with Crippen molar-refractivity contribution in [3.63, 3.8) is 0 Å². The number of rotatable bonds is 7. The molecule has 0 N–H and O–H groups in total. The summed E-state index contributed by atoms with van der Waals surface area (Å²) in [7, 11) is 1.90. The second kappa shape index (κ2) is 7.60. The number of hydrogen-bond donors (Lipinski definition) is 0. The second-order valence-electron chi connectivity index (χ2n) is 7.77. The van der Waals surface area contributed by atoms with E-state index in [-0.39, 0.29) is 11.8 Å². The molecule has 0 radical (unpaired) electrons. The van der Waals surface area contributed by atoms with Crippen LogP contribution in [-0.2, 0) is 11.2 Å². The number of hydrogen-bond acceptors (Lipinski definition) is 4. The van der Waals surface area contributed by atoms with E-state index in [2.05, 4.69) is 22.3 Å². The van der Waals surface area contributed by atoms with Crippen LogP contribution in [0.25, 0.3) is 0 Å². The highest BCUT2D eigenvalue weighted by Crippen LogP contribution is 2.39. The van der Waals surface area contributed by atoms with Gasteiger partial charge in [0, 0.05) is 25.9 Å². The van der Waals surface area contributed by atoms with Gasteiger partial charge in [-0.05, 0) is 37.2 Å². The Morgan fingerprint density at radius 3 is 2.62 bits per heavy atom. The number of aromatic nitrogens is 2. The lowest BCUT2D eigenvalue weighted by Gasteiger charge is -2.28. The Balaban J connectivity index is 1.42. The first-order valence-electron chi connectivity index (χ1n) is 9.85. The van der Waals surface area contributed by atoms with Crippen LogP contribution in [0.15, 0.2) is 34.9 Å². The predicted octanol–water partition coefficient (Wildman–Crippen LogP) is 3.92. The lowest BCUT2D eigenvalue weighted by atomic mass is 9.84. The molecule has 1 aromatic carbocycles. The largest absolute Gasteiger partial charge is 0.345 e. The summed E-state index contributed by atoms with van der Waals surface area (Å²) in [6, 6.07) is 10.3. The van der Waals surface area contributed by atoms with Gasteiger partial charge in [0.25, 0.3) is 0 Å². The van der Waals surface area contributed by atoms with Crippen LogP contribution in [0.2, 0.25) is 0 Å². The molecule has 0 bridgehead atoms. The van der Waals surface area contributed by atoms with Crippen LogP contribution in [-0.4, -0.2) is 34.5 Å². The number of nitrogens with zero attached hydrogens (tertiary/aromatic N) is 3. The maximum Gasteiger partial charge on any atom is 0.230 e. The summed E-state index contributed by atoms with van der Waals surface area (Å²) < 4.78 is 5.31. The third-order valence-corrected chi connectivity index (χ3v) is 5.75. The van der Waals surface area contributed by atoms with Crippen LogP contribution in [0.4, 0.5) is 0 Å². The van der Waals surface area contributed by atoms with E-state index in [1.54, 1.807) is 0 Å². The van der Waals surface area contributed by atoms with Crippen molar-refractivity contribution in [3.8, 4) is 0 Å². The number of benzene rings is 1. The van der Waals surface area contributed by atoms with E-state index < -0.39 is 0 Å². The smallest absolute Gasteiger partial charge is 0.230 e. The van der Waals surface area contributed by atoms with Gasteiger partial charge in [0.15, 0.2) is 5.82 Å². The Labute approximate surface area is 154 Å². The molecule has 1 amide bonds. The molecule has 0 spiro atoms. The molecule has 2 aromatic rings. The van der Waals surface area contributed by atoms with Crippen LogP contribution < -0.4 is 0 Å². The van der Waals surface area contributed by atoms with Crippen molar-refractivity contribution in [2.75, 3.05) is 13.6 Å². The Morgan fingerprint density at radius 1 is 1.19 bits per heavy atom. The van der Waals surface area contributed by atoms with Gasteiger partial charge in [0.2, 0.25) is 11.8 Å². The minimum Gasteiger partial charge on any atom is -0.345 e. The molecule has 1 unspecified atom stereocenters. The van der Waals surface area contributed by atoms with Gasteiger partial charge >= 0.3 is 0 Å². The highest BCUT2D eigenvalue weighted by molar-refractivity contribution is 5.84. The molecule has 4 rings (SSSR count). The van der Waals surface area contributed by atoms with E-state index in [0.29, 0.717) is 30.6 Å². The second-order valence-corrected chi connectivity index (χ2v) is 7.77. The summed E-state index contributed by atoms with van der Waals surface area (Å²) in [6.07, 6.45) is 7.71. The first kappa shape index (κ1) is 17.3. The molecule has 0 saturated heterocycles. The molecule has 26 heavy (non-hydrogen) atoms. The molecule has 1 heterocycles. The quantitative estimate of drug-likeness (QED) is 0.757. The Morgan fingerprint density at radius 2 is 1.92 bits per heavy atom. The lowest BCUT2D eigenvalue weighted by molar-refractivity contribution is -0.132. The fraction of sp³-hybridized carbons (Fsp3) is 0.571. The van der Waals surface area contributed by atoms with Gasteiger partial charge < -0.3 is 9.42 Å². The molecular weight excluding hydrogens is 326 g/mol. The first-order valence-corrected chi connectivity index (χ1v) is 9.85. The summed E-state index contributed by atoms with van der Waals surface area (Å²) >= 11 is 0. The number of amides is 1. The Kier molecular flexibility index (Phi) is 5.05.